The monoisotopic (exact) mass is 376 g/mol. The standard InChI is InChI=1S/C22H24N4O2/c1-16-3-7-19(8-4-16)26-22(27)14-28-20-9-5-18(6-10-20)11-12-23-21-13-17(2)24-15-25-21/h3-10,13,15H,11-12,14H2,1-2H3,(H,26,27)(H,23,24,25). The van der Waals surface area contributed by atoms with Gasteiger partial charge in [-0.1, -0.05) is 29.8 Å². The number of nitrogens with one attached hydrogen (secondary N) is 2. The van der Waals surface area contributed by atoms with Crippen LogP contribution in [0.3, 0.4) is 0 Å². The van der Waals surface area contributed by atoms with Crippen LogP contribution in [0.1, 0.15) is 16.8 Å². The minimum atomic E-state index is -0.183. The van der Waals surface area contributed by atoms with E-state index in [2.05, 4.69) is 20.6 Å². The van der Waals surface area contributed by atoms with Crippen LogP contribution in [-0.4, -0.2) is 29.0 Å². The van der Waals surface area contributed by atoms with Crippen LogP contribution < -0.4 is 15.4 Å². The van der Waals surface area contributed by atoms with E-state index in [-0.39, 0.29) is 12.5 Å². The third-order valence-corrected chi connectivity index (χ3v) is 4.15. The van der Waals surface area contributed by atoms with E-state index in [4.69, 9.17) is 4.74 Å². The van der Waals surface area contributed by atoms with E-state index in [0.717, 1.165) is 35.7 Å². The lowest BCUT2D eigenvalue weighted by atomic mass is 10.1. The molecule has 144 valence electrons. The molecule has 6 nitrogen and oxygen atoms in total. The van der Waals surface area contributed by atoms with Gasteiger partial charge in [-0.05, 0) is 50.1 Å². The first-order chi connectivity index (χ1) is 13.6. The first-order valence-corrected chi connectivity index (χ1v) is 9.19. The summed E-state index contributed by atoms with van der Waals surface area (Å²) in [5.74, 6) is 1.31. The molecule has 2 N–H and O–H groups in total. The van der Waals surface area contributed by atoms with Crippen molar-refractivity contribution < 1.29 is 9.53 Å². The maximum absolute atomic E-state index is 12.0. The second-order valence-corrected chi connectivity index (χ2v) is 6.57. The van der Waals surface area contributed by atoms with Gasteiger partial charge in [0, 0.05) is 24.0 Å². The van der Waals surface area contributed by atoms with Crippen molar-refractivity contribution in [2.24, 2.45) is 0 Å². The predicted octanol–water partition coefficient (Wildman–Crippen LogP) is 3.77. The first kappa shape index (κ1) is 19.4. The third kappa shape index (κ3) is 6.09. The zero-order chi connectivity index (χ0) is 19.8. The summed E-state index contributed by atoms with van der Waals surface area (Å²) >= 11 is 0. The van der Waals surface area contributed by atoms with Crippen molar-refractivity contribution in [3.63, 3.8) is 0 Å². The molecular weight excluding hydrogens is 352 g/mol. The van der Waals surface area contributed by atoms with Crippen molar-refractivity contribution in [1.82, 2.24) is 9.97 Å². The van der Waals surface area contributed by atoms with Gasteiger partial charge in [0.1, 0.15) is 17.9 Å². The van der Waals surface area contributed by atoms with E-state index in [0.29, 0.717) is 5.75 Å². The Morgan fingerprint density at radius 1 is 1.00 bits per heavy atom. The summed E-state index contributed by atoms with van der Waals surface area (Å²) < 4.78 is 5.56. The second kappa shape index (κ2) is 9.50. The van der Waals surface area contributed by atoms with Gasteiger partial charge in [0.05, 0.1) is 0 Å². The topological polar surface area (TPSA) is 76.1 Å². The maximum Gasteiger partial charge on any atom is 0.262 e. The Labute approximate surface area is 165 Å². The highest BCUT2D eigenvalue weighted by Gasteiger charge is 2.04. The van der Waals surface area contributed by atoms with Crippen molar-refractivity contribution in [3.05, 3.63) is 77.7 Å². The molecule has 28 heavy (non-hydrogen) atoms. The number of hydrogen-bond acceptors (Lipinski definition) is 5. The van der Waals surface area contributed by atoms with Crippen molar-refractivity contribution in [2.75, 3.05) is 23.8 Å². The summed E-state index contributed by atoms with van der Waals surface area (Å²) in [6.45, 7) is 4.69. The lowest BCUT2D eigenvalue weighted by Gasteiger charge is -2.09. The molecule has 0 aliphatic carbocycles. The van der Waals surface area contributed by atoms with Crippen molar-refractivity contribution in [3.8, 4) is 5.75 Å². The van der Waals surface area contributed by atoms with Gasteiger partial charge in [-0.3, -0.25) is 4.79 Å². The Balaban J connectivity index is 1.41. The Morgan fingerprint density at radius 3 is 2.46 bits per heavy atom. The van der Waals surface area contributed by atoms with E-state index in [1.165, 1.54) is 5.56 Å². The molecule has 0 saturated carbocycles. The molecule has 0 aliphatic rings. The van der Waals surface area contributed by atoms with Crippen LogP contribution >= 0.6 is 0 Å². The molecule has 3 aromatic rings. The summed E-state index contributed by atoms with van der Waals surface area (Å²) in [6, 6.07) is 17.3. The number of anilines is 2. The molecule has 0 radical (unpaired) electrons. The van der Waals surface area contributed by atoms with E-state index in [1.54, 1.807) is 6.33 Å². The van der Waals surface area contributed by atoms with Crippen molar-refractivity contribution >= 4 is 17.4 Å². The highest BCUT2D eigenvalue weighted by Crippen LogP contribution is 2.14. The molecule has 0 atom stereocenters. The zero-order valence-electron chi connectivity index (χ0n) is 16.1. The van der Waals surface area contributed by atoms with Crippen LogP contribution in [0, 0.1) is 13.8 Å². The van der Waals surface area contributed by atoms with E-state index in [9.17, 15) is 4.79 Å². The van der Waals surface area contributed by atoms with Crippen LogP contribution in [0.25, 0.3) is 0 Å². The van der Waals surface area contributed by atoms with Gasteiger partial charge in [-0.25, -0.2) is 9.97 Å². The molecule has 1 heterocycles. The fraction of sp³-hybridized carbons (Fsp3) is 0.227. The Kier molecular flexibility index (Phi) is 6.57. The fourth-order valence-electron chi connectivity index (χ4n) is 2.62. The number of hydrogen-bond donors (Lipinski definition) is 2. The van der Waals surface area contributed by atoms with Gasteiger partial charge in [0.2, 0.25) is 0 Å². The number of amides is 1. The number of benzene rings is 2. The molecule has 6 heteroatoms. The molecule has 0 aliphatic heterocycles. The number of nitrogens with zero attached hydrogens (tertiary/aromatic N) is 2. The highest BCUT2D eigenvalue weighted by atomic mass is 16.5. The highest BCUT2D eigenvalue weighted by molar-refractivity contribution is 5.91. The summed E-state index contributed by atoms with van der Waals surface area (Å²) in [5.41, 5.74) is 4.03. The molecule has 1 aromatic heterocycles. The number of aryl methyl sites for hydroxylation is 2. The molecule has 2 aromatic carbocycles. The van der Waals surface area contributed by atoms with E-state index in [1.807, 2.05) is 68.4 Å². The van der Waals surface area contributed by atoms with Gasteiger partial charge >= 0.3 is 0 Å². The lowest BCUT2D eigenvalue weighted by Crippen LogP contribution is -2.20. The van der Waals surface area contributed by atoms with Gasteiger partial charge in [0.15, 0.2) is 6.61 Å². The summed E-state index contributed by atoms with van der Waals surface area (Å²) in [5, 5.41) is 6.10. The number of aromatic nitrogens is 2. The summed E-state index contributed by atoms with van der Waals surface area (Å²) in [7, 11) is 0. The molecule has 3 rings (SSSR count). The van der Waals surface area contributed by atoms with Crippen LogP contribution in [0.4, 0.5) is 11.5 Å². The van der Waals surface area contributed by atoms with Gasteiger partial charge in [-0.2, -0.15) is 0 Å². The number of ether oxygens (including phenoxy) is 1. The molecule has 0 fully saturated rings. The Bertz CT molecular complexity index is 909. The van der Waals surface area contributed by atoms with E-state index >= 15 is 0 Å². The van der Waals surface area contributed by atoms with Crippen LogP contribution in [0.2, 0.25) is 0 Å². The summed E-state index contributed by atoms with van der Waals surface area (Å²) in [6.07, 6.45) is 2.41. The zero-order valence-corrected chi connectivity index (χ0v) is 16.1. The van der Waals surface area contributed by atoms with Gasteiger partial charge in [0.25, 0.3) is 5.91 Å². The van der Waals surface area contributed by atoms with Crippen LogP contribution in [0.15, 0.2) is 60.9 Å². The fourth-order valence-corrected chi connectivity index (χ4v) is 2.62. The number of carbonyl (C=O) groups is 1. The minimum absolute atomic E-state index is 0.0260. The average molecular weight is 376 g/mol. The molecule has 0 saturated heterocycles. The van der Waals surface area contributed by atoms with Gasteiger partial charge in [-0.15, -0.1) is 0 Å². The number of rotatable bonds is 8. The summed E-state index contributed by atoms with van der Waals surface area (Å²) in [4.78, 5) is 20.2. The third-order valence-electron chi connectivity index (χ3n) is 4.15. The normalized spacial score (nSPS) is 10.4. The van der Waals surface area contributed by atoms with Crippen molar-refractivity contribution in [2.45, 2.75) is 20.3 Å². The Morgan fingerprint density at radius 2 is 1.75 bits per heavy atom. The van der Waals surface area contributed by atoms with E-state index < -0.39 is 0 Å². The molecule has 0 bridgehead atoms. The predicted molar refractivity (Wildman–Crippen MR) is 111 cm³/mol. The molecular formula is C22H24N4O2. The quantitative estimate of drug-likeness (QED) is 0.626. The molecule has 1 amide bonds. The molecule has 0 spiro atoms. The smallest absolute Gasteiger partial charge is 0.262 e. The lowest BCUT2D eigenvalue weighted by molar-refractivity contribution is -0.118. The van der Waals surface area contributed by atoms with Gasteiger partial charge < -0.3 is 15.4 Å². The molecule has 0 unspecified atom stereocenters. The van der Waals surface area contributed by atoms with Crippen molar-refractivity contribution in [1.29, 1.82) is 0 Å². The minimum Gasteiger partial charge on any atom is -0.484 e. The average Bonchev–Trinajstić information content (AvgIpc) is 2.69. The number of carbonyl (C=O) groups excluding carboxylic acids is 1. The van der Waals surface area contributed by atoms with Crippen LogP contribution in [-0.2, 0) is 11.2 Å². The first-order valence-electron chi connectivity index (χ1n) is 9.19. The SMILES string of the molecule is Cc1ccc(NC(=O)COc2ccc(CCNc3cc(C)ncn3)cc2)cc1. The second-order valence-electron chi connectivity index (χ2n) is 6.57. The maximum atomic E-state index is 12.0. The largest absolute Gasteiger partial charge is 0.484 e. The Hall–Kier alpha value is -3.41. The van der Waals surface area contributed by atoms with Crippen LogP contribution in [0.5, 0.6) is 5.75 Å².